The third-order valence-corrected chi connectivity index (χ3v) is 3.39. The predicted molar refractivity (Wildman–Crippen MR) is 81.0 cm³/mol. The number of carbonyl (C=O) groups excluding carboxylic acids is 1. The number of nitrogens with zero attached hydrogens (tertiary/aromatic N) is 1. The molecular weight excluding hydrogens is 288 g/mol. The minimum atomic E-state index is -0.635. The van der Waals surface area contributed by atoms with Gasteiger partial charge in [-0.2, -0.15) is 0 Å². The van der Waals surface area contributed by atoms with Crippen molar-refractivity contribution in [2.45, 2.75) is 0 Å². The van der Waals surface area contributed by atoms with Crippen LogP contribution < -0.4 is 5.46 Å². The molecule has 0 aliphatic carbocycles. The first-order valence-electron chi connectivity index (χ1n) is 6.45. The summed E-state index contributed by atoms with van der Waals surface area (Å²) in [6.45, 7) is 0. The third-order valence-electron chi connectivity index (χ3n) is 3.39. The van der Waals surface area contributed by atoms with Gasteiger partial charge < -0.3 is 4.74 Å². The van der Waals surface area contributed by atoms with Crippen LogP contribution in [0, 0.1) is 15.9 Å². The van der Waals surface area contributed by atoms with Gasteiger partial charge in [-0.1, -0.05) is 23.7 Å². The molecule has 2 aromatic rings. The van der Waals surface area contributed by atoms with Gasteiger partial charge >= 0.3 is 5.97 Å². The Balaban J connectivity index is 2.16. The highest BCUT2D eigenvalue weighted by atomic mass is 19.1. The van der Waals surface area contributed by atoms with Crippen LogP contribution in [0.25, 0.3) is 11.8 Å². The van der Waals surface area contributed by atoms with Crippen molar-refractivity contribution in [1.82, 2.24) is 0 Å². The van der Waals surface area contributed by atoms with Gasteiger partial charge in [0, 0.05) is 6.07 Å². The molecule has 1 aliphatic heterocycles. The van der Waals surface area contributed by atoms with E-state index >= 15 is 0 Å². The molecule has 0 bridgehead atoms. The van der Waals surface area contributed by atoms with E-state index in [-0.39, 0.29) is 28.4 Å². The van der Waals surface area contributed by atoms with Crippen LogP contribution in [0.5, 0.6) is 0 Å². The van der Waals surface area contributed by atoms with Crippen LogP contribution in [0.4, 0.5) is 10.1 Å². The zero-order valence-electron chi connectivity index (χ0n) is 11.5. The number of benzene rings is 2. The average molecular weight is 297 g/mol. The van der Waals surface area contributed by atoms with E-state index < -0.39 is 10.9 Å². The van der Waals surface area contributed by atoms with Gasteiger partial charge in [-0.3, -0.25) is 10.1 Å². The van der Waals surface area contributed by atoms with Crippen LogP contribution in [0.3, 0.4) is 0 Å². The van der Waals surface area contributed by atoms with E-state index in [2.05, 4.69) is 0 Å². The van der Waals surface area contributed by atoms with Gasteiger partial charge in [-0.25, -0.2) is 9.18 Å². The molecule has 0 atom stereocenters. The molecule has 0 unspecified atom stereocenters. The second kappa shape index (κ2) is 5.11. The summed E-state index contributed by atoms with van der Waals surface area (Å²) in [6.07, 6.45) is 1.49. The number of carbonyl (C=O) groups is 1. The van der Waals surface area contributed by atoms with Crippen molar-refractivity contribution in [3.05, 3.63) is 69.0 Å². The van der Waals surface area contributed by atoms with Crippen molar-refractivity contribution in [3.8, 4) is 0 Å². The minimum absolute atomic E-state index is 0.0957. The van der Waals surface area contributed by atoms with E-state index in [0.717, 1.165) is 0 Å². The zero-order valence-corrected chi connectivity index (χ0v) is 11.5. The fraction of sp³-hybridized carbons (Fsp3) is 0. The van der Waals surface area contributed by atoms with Crippen molar-refractivity contribution >= 4 is 36.8 Å². The molecule has 108 valence electrons. The second-order valence-corrected chi connectivity index (χ2v) is 4.86. The van der Waals surface area contributed by atoms with Crippen LogP contribution in [0.1, 0.15) is 21.5 Å². The van der Waals surface area contributed by atoms with Gasteiger partial charge in [-0.15, -0.1) is 0 Å². The topological polar surface area (TPSA) is 69.4 Å². The molecule has 0 saturated carbocycles. The largest absolute Gasteiger partial charge is 0.422 e. The number of nitro benzene ring substituents is 1. The molecule has 2 aromatic carbocycles. The Morgan fingerprint density at radius 1 is 1.27 bits per heavy atom. The molecule has 1 aliphatic rings. The Hall–Kier alpha value is -2.96. The summed E-state index contributed by atoms with van der Waals surface area (Å²) in [5.41, 5.74) is 1.13. The normalized spacial score (nSPS) is 14.8. The van der Waals surface area contributed by atoms with Crippen molar-refractivity contribution in [2.75, 3.05) is 0 Å². The van der Waals surface area contributed by atoms with Crippen LogP contribution in [0.2, 0.25) is 0 Å². The van der Waals surface area contributed by atoms with E-state index in [1.54, 1.807) is 13.9 Å². The molecule has 1 heterocycles. The van der Waals surface area contributed by atoms with Crippen LogP contribution >= 0.6 is 0 Å². The molecule has 0 spiro atoms. The number of hydrogen-bond donors (Lipinski definition) is 0. The number of halogens is 1. The number of rotatable bonds is 2. The fourth-order valence-corrected chi connectivity index (χ4v) is 2.34. The first-order valence-corrected chi connectivity index (χ1v) is 6.45. The number of fused-ring (bicyclic) bond motifs is 1. The summed E-state index contributed by atoms with van der Waals surface area (Å²) in [5, 5.41) is 11.1. The van der Waals surface area contributed by atoms with Crippen molar-refractivity contribution in [3.63, 3.8) is 0 Å². The standard InChI is InChI=1S/C15H9BFNO4/c16-10-6-8(4-5-11(10)17)7-13-14-9(15(19)22-13)2-1-3-12(14)18(20)21/h1-7H,16H2/b13-7-. The number of ether oxygens (including phenoxy) is 1. The van der Waals surface area contributed by atoms with Crippen LogP contribution in [-0.2, 0) is 4.74 Å². The SMILES string of the molecule is Bc1cc(/C=C2\OC(=O)c3cccc([N+](=O)[O-])c32)ccc1F. The summed E-state index contributed by atoms with van der Waals surface area (Å²) in [5.74, 6) is -0.890. The molecule has 0 amide bonds. The molecule has 0 radical (unpaired) electrons. The summed E-state index contributed by atoms with van der Waals surface area (Å²) in [7, 11) is 1.61. The Bertz CT molecular complexity index is 847. The molecule has 3 rings (SSSR count). The highest BCUT2D eigenvalue weighted by Crippen LogP contribution is 2.37. The summed E-state index contributed by atoms with van der Waals surface area (Å²) >= 11 is 0. The average Bonchev–Trinajstić information content (AvgIpc) is 2.79. The molecule has 22 heavy (non-hydrogen) atoms. The molecule has 0 fully saturated rings. The lowest BCUT2D eigenvalue weighted by Crippen LogP contribution is -2.07. The number of nitro groups is 1. The van der Waals surface area contributed by atoms with Crippen LogP contribution in [-0.4, -0.2) is 18.7 Å². The molecule has 0 saturated heterocycles. The van der Waals surface area contributed by atoms with Gasteiger partial charge in [-0.05, 0) is 23.8 Å². The summed E-state index contributed by atoms with van der Waals surface area (Å²) < 4.78 is 18.4. The van der Waals surface area contributed by atoms with Gasteiger partial charge in [0.2, 0.25) is 0 Å². The number of cyclic esters (lactones) is 1. The Morgan fingerprint density at radius 3 is 2.73 bits per heavy atom. The van der Waals surface area contributed by atoms with Crippen molar-refractivity contribution < 1.29 is 18.8 Å². The number of esters is 1. The molecule has 0 N–H and O–H groups in total. The zero-order chi connectivity index (χ0) is 15.9. The first-order chi connectivity index (χ1) is 10.5. The van der Waals surface area contributed by atoms with Gasteiger partial charge in [0.25, 0.3) is 5.69 Å². The Morgan fingerprint density at radius 2 is 2.05 bits per heavy atom. The van der Waals surface area contributed by atoms with Gasteiger partial charge in [0.15, 0.2) is 0 Å². The highest BCUT2D eigenvalue weighted by Gasteiger charge is 2.33. The lowest BCUT2D eigenvalue weighted by molar-refractivity contribution is -0.385. The minimum Gasteiger partial charge on any atom is -0.422 e. The monoisotopic (exact) mass is 297 g/mol. The first kappa shape index (κ1) is 14.0. The molecular formula is C15H9BFNO4. The lowest BCUT2D eigenvalue weighted by Gasteiger charge is -2.02. The quantitative estimate of drug-likeness (QED) is 0.366. The maximum atomic E-state index is 13.3. The van der Waals surface area contributed by atoms with E-state index in [9.17, 15) is 19.3 Å². The van der Waals surface area contributed by atoms with Crippen LogP contribution in [0.15, 0.2) is 36.4 Å². The molecule has 0 aromatic heterocycles. The van der Waals surface area contributed by atoms with Crippen molar-refractivity contribution in [2.24, 2.45) is 0 Å². The third kappa shape index (κ3) is 2.26. The fourth-order valence-electron chi connectivity index (χ4n) is 2.34. The maximum Gasteiger partial charge on any atom is 0.344 e. The molecule has 5 nitrogen and oxygen atoms in total. The number of hydrogen-bond acceptors (Lipinski definition) is 4. The van der Waals surface area contributed by atoms with Gasteiger partial charge in [0.05, 0.1) is 10.5 Å². The van der Waals surface area contributed by atoms with E-state index in [4.69, 9.17) is 4.74 Å². The predicted octanol–water partition coefficient (Wildman–Crippen LogP) is 1.66. The summed E-state index contributed by atoms with van der Waals surface area (Å²) in [4.78, 5) is 22.4. The van der Waals surface area contributed by atoms with Crippen molar-refractivity contribution in [1.29, 1.82) is 0 Å². The van der Waals surface area contributed by atoms with E-state index in [0.29, 0.717) is 11.0 Å². The summed E-state index contributed by atoms with van der Waals surface area (Å²) in [6, 6.07) is 8.59. The smallest absolute Gasteiger partial charge is 0.344 e. The second-order valence-electron chi connectivity index (χ2n) is 4.86. The maximum absolute atomic E-state index is 13.3. The lowest BCUT2D eigenvalue weighted by atomic mass is 9.93. The Kier molecular flexibility index (Phi) is 3.25. The molecule has 7 heteroatoms. The van der Waals surface area contributed by atoms with E-state index in [1.165, 1.54) is 36.4 Å². The van der Waals surface area contributed by atoms with Gasteiger partial charge in [0.1, 0.15) is 25.0 Å². The Labute approximate surface area is 125 Å². The van der Waals surface area contributed by atoms with E-state index in [1.807, 2.05) is 0 Å². The highest BCUT2D eigenvalue weighted by molar-refractivity contribution is 6.32.